The van der Waals surface area contributed by atoms with Gasteiger partial charge in [-0.05, 0) is 53.2 Å². The van der Waals surface area contributed by atoms with Crippen molar-refractivity contribution in [3.63, 3.8) is 0 Å². The number of nitrogens with zero attached hydrogens (tertiary/aromatic N) is 2. The molecule has 3 N–H and O–H groups in total. The maximum atomic E-state index is 12.3. The van der Waals surface area contributed by atoms with E-state index in [1.54, 1.807) is 24.3 Å². The smallest absolute Gasteiger partial charge is 0.255 e. The highest BCUT2D eigenvalue weighted by Crippen LogP contribution is 2.25. The molecule has 0 saturated carbocycles. The number of aromatic nitrogens is 2. The van der Waals surface area contributed by atoms with Crippen LogP contribution in [0.1, 0.15) is 16.1 Å². The molecule has 0 bridgehead atoms. The molecule has 3 rings (SSSR count). The molecule has 7 heteroatoms. The number of rotatable bonds is 2. The first kappa shape index (κ1) is 14.0. The van der Waals surface area contributed by atoms with Gasteiger partial charge < -0.3 is 11.1 Å². The van der Waals surface area contributed by atoms with E-state index >= 15 is 0 Å². The summed E-state index contributed by atoms with van der Waals surface area (Å²) < 4.78 is 1.63. The van der Waals surface area contributed by atoms with E-state index in [1.165, 1.54) is 11.3 Å². The van der Waals surface area contributed by atoms with Crippen molar-refractivity contribution in [1.29, 1.82) is 0 Å². The molecule has 1 amide bonds. The Balaban J connectivity index is 1.89. The Morgan fingerprint density at radius 1 is 1.29 bits per heavy atom. The lowest BCUT2D eigenvalue weighted by Crippen LogP contribution is -2.13. The summed E-state index contributed by atoms with van der Waals surface area (Å²) >= 11 is 4.66. The van der Waals surface area contributed by atoms with Crippen molar-refractivity contribution in [2.45, 2.75) is 6.92 Å². The minimum atomic E-state index is -0.184. The average Bonchev–Trinajstić information content (AvgIpc) is 2.80. The SMILES string of the molecule is Cc1nc(Br)ccc1NC(=O)c1ccc2nc(N)sc2c1. The molecule has 0 atom stereocenters. The van der Waals surface area contributed by atoms with Gasteiger partial charge in [-0.1, -0.05) is 11.3 Å². The normalized spacial score (nSPS) is 10.8. The number of hydrogen-bond donors (Lipinski definition) is 2. The predicted molar refractivity (Wildman–Crippen MR) is 88.7 cm³/mol. The molecule has 0 radical (unpaired) electrons. The molecule has 2 aromatic heterocycles. The molecule has 0 spiro atoms. The zero-order valence-electron chi connectivity index (χ0n) is 11.1. The number of nitrogen functional groups attached to an aromatic ring is 1. The molecule has 5 nitrogen and oxygen atoms in total. The third-order valence-corrected chi connectivity index (χ3v) is 4.26. The quantitative estimate of drug-likeness (QED) is 0.682. The Kier molecular flexibility index (Phi) is 3.60. The second-order valence-electron chi connectivity index (χ2n) is 4.46. The first-order valence-electron chi connectivity index (χ1n) is 6.13. The first-order valence-corrected chi connectivity index (χ1v) is 7.74. The van der Waals surface area contributed by atoms with E-state index in [9.17, 15) is 4.79 Å². The molecule has 0 unspecified atom stereocenters. The molecule has 0 saturated heterocycles. The lowest BCUT2D eigenvalue weighted by molar-refractivity contribution is 0.102. The van der Waals surface area contributed by atoms with Crippen LogP contribution in [0.2, 0.25) is 0 Å². The Bertz CT molecular complexity index is 846. The number of nitrogens with one attached hydrogen (secondary N) is 1. The van der Waals surface area contributed by atoms with E-state index in [0.717, 1.165) is 20.5 Å². The summed E-state index contributed by atoms with van der Waals surface area (Å²) in [7, 11) is 0. The van der Waals surface area contributed by atoms with E-state index in [-0.39, 0.29) is 5.91 Å². The number of carbonyl (C=O) groups is 1. The molecule has 1 aromatic carbocycles. The van der Waals surface area contributed by atoms with Gasteiger partial charge in [-0.25, -0.2) is 9.97 Å². The van der Waals surface area contributed by atoms with Crippen molar-refractivity contribution in [2.24, 2.45) is 0 Å². The lowest BCUT2D eigenvalue weighted by atomic mass is 10.2. The zero-order valence-corrected chi connectivity index (χ0v) is 13.5. The van der Waals surface area contributed by atoms with Gasteiger partial charge in [0.05, 0.1) is 21.6 Å². The summed E-state index contributed by atoms with van der Waals surface area (Å²) in [5.74, 6) is -0.184. The molecular formula is C14H11BrN4OS. The summed E-state index contributed by atoms with van der Waals surface area (Å²) in [5, 5.41) is 3.35. The fourth-order valence-corrected chi connectivity index (χ4v) is 3.11. The van der Waals surface area contributed by atoms with Crippen LogP contribution in [0.15, 0.2) is 34.9 Å². The van der Waals surface area contributed by atoms with Crippen LogP contribution in [0, 0.1) is 6.92 Å². The van der Waals surface area contributed by atoms with Crippen LogP contribution < -0.4 is 11.1 Å². The Morgan fingerprint density at radius 3 is 2.86 bits per heavy atom. The van der Waals surface area contributed by atoms with Gasteiger partial charge >= 0.3 is 0 Å². The highest BCUT2D eigenvalue weighted by molar-refractivity contribution is 9.10. The monoisotopic (exact) mass is 362 g/mol. The molecule has 21 heavy (non-hydrogen) atoms. The van der Waals surface area contributed by atoms with Crippen LogP contribution in [-0.2, 0) is 0 Å². The number of aryl methyl sites for hydroxylation is 1. The summed E-state index contributed by atoms with van der Waals surface area (Å²) in [6.07, 6.45) is 0. The number of fused-ring (bicyclic) bond motifs is 1. The zero-order chi connectivity index (χ0) is 15.0. The van der Waals surface area contributed by atoms with Gasteiger partial charge in [0.1, 0.15) is 4.60 Å². The number of nitrogens with two attached hydrogens (primary N) is 1. The fourth-order valence-electron chi connectivity index (χ4n) is 1.94. The van der Waals surface area contributed by atoms with Crippen LogP contribution in [0.4, 0.5) is 10.8 Å². The van der Waals surface area contributed by atoms with Gasteiger partial charge in [0.2, 0.25) is 0 Å². The topological polar surface area (TPSA) is 80.9 Å². The minimum Gasteiger partial charge on any atom is -0.375 e. The van der Waals surface area contributed by atoms with E-state index in [2.05, 4.69) is 31.2 Å². The maximum absolute atomic E-state index is 12.3. The number of pyridine rings is 1. The second kappa shape index (κ2) is 5.42. The van der Waals surface area contributed by atoms with Gasteiger partial charge in [-0.3, -0.25) is 4.79 Å². The van der Waals surface area contributed by atoms with Crippen LogP contribution in [-0.4, -0.2) is 15.9 Å². The van der Waals surface area contributed by atoms with Crippen LogP contribution >= 0.6 is 27.3 Å². The van der Waals surface area contributed by atoms with E-state index in [4.69, 9.17) is 5.73 Å². The Morgan fingerprint density at radius 2 is 2.10 bits per heavy atom. The van der Waals surface area contributed by atoms with Crippen molar-refractivity contribution in [3.05, 3.63) is 46.2 Å². The molecular weight excluding hydrogens is 352 g/mol. The molecule has 106 valence electrons. The van der Waals surface area contributed by atoms with Crippen molar-refractivity contribution >= 4 is 54.2 Å². The predicted octanol–water partition coefficient (Wildman–Crippen LogP) is 3.60. The largest absolute Gasteiger partial charge is 0.375 e. The molecule has 0 fully saturated rings. The number of benzene rings is 1. The summed E-state index contributed by atoms with van der Waals surface area (Å²) in [5.41, 5.74) is 8.47. The summed E-state index contributed by atoms with van der Waals surface area (Å²) in [6, 6.07) is 8.92. The van der Waals surface area contributed by atoms with Gasteiger partial charge in [0.15, 0.2) is 5.13 Å². The molecule has 0 aliphatic rings. The van der Waals surface area contributed by atoms with E-state index in [0.29, 0.717) is 16.4 Å². The highest BCUT2D eigenvalue weighted by atomic mass is 79.9. The molecule has 0 aliphatic heterocycles. The number of amides is 1. The number of hydrogen-bond acceptors (Lipinski definition) is 5. The summed E-state index contributed by atoms with van der Waals surface area (Å²) in [6.45, 7) is 1.84. The van der Waals surface area contributed by atoms with Crippen LogP contribution in [0.3, 0.4) is 0 Å². The number of halogens is 1. The number of thiazole rings is 1. The van der Waals surface area contributed by atoms with E-state index in [1.807, 2.05) is 13.0 Å². The first-order chi connectivity index (χ1) is 10.0. The minimum absolute atomic E-state index is 0.184. The third-order valence-electron chi connectivity index (χ3n) is 2.97. The van der Waals surface area contributed by atoms with Gasteiger partial charge in [-0.2, -0.15) is 0 Å². The van der Waals surface area contributed by atoms with Crippen molar-refractivity contribution in [3.8, 4) is 0 Å². The van der Waals surface area contributed by atoms with Crippen molar-refractivity contribution < 1.29 is 4.79 Å². The molecule has 0 aliphatic carbocycles. The highest BCUT2D eigenvalue weighted by Gasteiger charge is 2.10. The molecule has 3 aromatic rings. The summed E-state index contributed by atoms with van der Waals surface area (Å²) in [4.78, 5) is 20.7. The number of carbonyl (C=O) groups excluding carboxylic acids is 1. The van der Waals surface area contributed by atoms with Gasteiger partial charge in [-0.15, -0.1) is 0 Å². The third kappa shape index (κ3) is 2.88. The van der Waals surface area contributed by atoms with Crippen molar-refractivity contribution in [2.75, 3.05) is 11.1 Å². The van der Waals surface area contributed by atoms with Crippen molar-refractivity contribution in [1.82, 2.24) is 9.97 Å². The average molecular weight is 363 g/mol. The maximum Gasteiger partial charge on any atom is 0.255 e. The lowest BCUT2D eigenvalue weighted by Gasteiger charge is -2.08. The Hall–Kier alpha value is -1.99. The van der Waals surface area contributed by atoms with Gasteiger partial charge in [0, 0.05) is 5.56 Å². The molecule has 2 heterocycles. The second-order valence-corrected chi connectivity index (χ2v) is 6.33. The van der Waals surface area contributed by atoms with Crippen LogP contribution in [0.5, 0.6) is 0 Å². The Labute approximate surface area is 133 Å². The number of anilines is 2. The fraction of sp³-hybridized carbons (Fsp3) is 0.0714. The standard InChI is InChI=1S/C14H11BrN4OS/c1-7-9(4-5-12(15)17-7)18-13(20)8-2-3-10-11(6-8)21-14(16)19-10/h2-6H,1H3,(H2,16,19)(H,18,20). The van der Waals surface area contributed by atoms with Crippen LogP contribution in [0.25, 0.3) is 10.2 Å². The van der Waals surface area contributed by atoms with E-state index < -0.39 is 0 Å². The van der Waals surface area contributed by atoms with Gasteiger partial charge in [0.25, 0.3) is 5.91 Å².